The molecule has 5 nitrogen and oxygen atoms in total. The van der Waals surface area contributed by atoms with Gasteiger partial charge in [-0.15, -0.1) is 0 Å². The lowest BCUT2D eigenvalue weighted by molar-refractivity contribution is 0.0666. The lowest BCUT2D eigenvalue weighted by Crippen LogP contribution is -2.48. The molecule has 4 aromatic rings. The van der Waals surface area contributed by atoms with E-state index in [2.05, 4.69) is 0 Å². The molecule has 0 radical (unpaired) electrons. The van der Waals surface area contributed by atoms with E-state index in [-0.39, 0.29) is 17.3 Å². The number of carbonyl (C=O) groups is 3. The number of Topliss-reactive ketones (excluding diaryl/α,β-unsaturated/α-hetero) is 3. The minimum absolute atomic E-state index is 0.156. The van der Waals surface area contributed by atoms with E-state index >= 15 is 0 Å². The first-order valence-corrected chi connectivity index (χ1v) is 13.5. The molecule has 0 amide bonds. The first-order chi connectivity index (χ1) is 19.5. The van der Waals surface area contributed by atoms with Crippen molar-refractivity contribution in [2.45, 2.75) is 18.0 Å². The van der Waals surface area contributed by atoms with Crippen molar-refractivity contribution in [2.24, 2.45) is 5.41 Å². The first-order valence-electron chi connectivity index (χ1n) is 13.1. The minimum atomic E-state index is -1.54. The molecule has 3 aliphatic rings. The Hall–Kier alpha value is -4.48. The molecule has 196 valence electrons. The van der Waals surface area contributed by atoms with Crippen molar-refractivity contribution in [3.05, 3.63) is 136 Å². The molecule has 0 aromatic heterocycles. The number of hydrogen-bond acceptors (Lipinski definition) is 5. The van der Waals surface area contributed by atoms with Crippen LogP contribution in [0.1, 0.15) is 48.1 Å². The molecule has 4 aromatic carbocycles. The lowest BCUT2D eigenvalue weighted by Gasteiger charge is -2.37. The summed E-state index contributed by atoms with van der Waals surface area (Å²) in [4.78, 5) is 45.8. The largest absolute Gasteiger partial charge is 0.497 e. The number of fused-ring (bicyclic) bond motifs is 5. The Kier molecular flexibility index (Phi) is 5.55. The number of carbonyl (C=O) groups excluding carboxylic acids is 3. The fraction of sp³-hybridized carbons (Fsp3) is 0.147. The van der Waals surface area contributed by atoms with E-state index < -0.39 is 23.4 Å². The Morgan fingerprint density at radius 2 is 1.50 bits per heavy atom. The van der Waals surface area contributed by atoms with Gasteiger partial charge in [0.25, 0.3) is 0 Å². The Morgan fingerprint density at radius 3 is 2.15 bits per heavy atom. The van der Waals surface area contributed by atoms with Crippen molar-refractivity contribution >= 4 is 40.7 Å². The van der Waals surface area contributed by atoms with Crippen LogP contribution in [0.5, 0.6) is 5.75 Å². The summed E-state index contributed by atoms with van der Waals surface area (Å²) in [6.07, 6.45) is 3.81. The predicted octanol–water partition coefficient (Wildman–Crippen LogP) is 6.66. The van der Waals surface area contributed by atoms with E-state index in [1.807, 2.05) is 71.6 Å². The van der Waals surface area contributed by atoms with Gasteiger partial charge in [-0.1, -0.05) is 90.5 Å². The third-order valence-corrected chi connectivity index (χ3v) is 8.80. The van der Waals surface area contributed by atoms with Crippen molar-refractivity contribution in [3.63, 3.8) is 0 Å². The van der Waals surface area contributed by atoms with Crippen LogP contribution in [0.2, 0.25) is 5.02 Å². The van der Waals surface area contributed by atoms with Gasteiger partial charge in [0.15, 0.2) is 17.3 Å². The maximum absolute atomic E-state index is 14.6. The van der Waals surface area contributed by atoms with Crippen LogP contribution < -0.4 is 9.64 Å². The molecule has 6 heteroatoms. The molecule has 0 unspecified atom stereocenters. The Labute approximate surface area is 236 Å². The molecule has 1 fully saturated rings. The number of halogens is 1. The monoisotopic (exact) mass is 545 g/mol. The zero-order valence-corrected chi connectivity index (χ0v) is 22.3. The molecule has 3 atom stereocenters. The molecule has 1 spiro atoms. The van der Waals surface area contributed by atoms with E-state index in [0.717, 1.165) is 16.8 Å². The minimum Gasteiger partial charge on any atom is -0.497 e. The topological polar surface area (TPSA) is 63.7 Å². The molecule has 0 saturated carbocycles. The third-order valence-electron chi connectivity index (χ3n) is 8.57. The number of hydrogen-bond donors (Lipinski definition) is 0. The van der Waals surface area contributed by atoms with E-state index in [4.69, 9.17) is 16.3 Å². The zero-order chi connectivity index (χ0) is 27.6. The van der Waals surface area contributed by atoms with Gasteiger partial charge >= 0.3 is 0 Å². The summed E-state index contributed by atoms with van der Waals surface area (Å²) >= 11 is 6.36. The molecule has 2 aliphatic heterocycles. The van der Waals surface area contributed by atoms with Crippen LogP contribution in [-0.4, -0.2) is 36.5 Å². The van der Waals surface area contributed by atoms with E-state index in [1.165, 1.54) is 0 Å². The highest BCUT2D eigenvalue weighted by Gasteiger charge is 2.71. The Balaban J connectivity index is 1.54. The number of nitrogens with zero attached hydrogens (tertiary/aromatic N) is 1. The van der Waals surface area contributed by atoms with Gasteiger partial charge in [0.2, 0.25) is 0 Å². The van der Waals surface area contributed by atoms with Crippen LogP contribution in [0.15, 0.2) is 103 Å². The highest BCUT2D eigenvalue weighted by Crippen LogP contribution is 2.61. The average molecular weight is 546 g/mol. The molecule has 2 heterocycles. The summed E-state index contributed by atoms with van der Waals surface area (Å²) in [7, 11) is 1.58. The highest BCUT2D eigenvalue weighted by molar-refractivity contribution is 6.32. The second-order valence-electron chi connectivity index (χ2n) is 10.4. The van der Waals surface area contributed by atoms with Crippen LogP contribution in [0, 0.1) is 5.41 Å². The summed E-state index contributed by atoms with van der Waals surface area (Å²) < 4.78 is 5.40. The number of rotatable bonds is 4. The van der Waals surface area contributed by atoms with Crippen molar-refractivity contribution in [1.82, 2.24) is 0 Å². The molecule has 7 rings (SSSR count). The Bertz CT molecular complexity index is 1690. The Morgan fingerprint density at radius 1 is 0.850 bits per heavy atom. The number of benzene rings is 4. The van der Waals surface area contributed by atoms with Gasteiger partial charge in [-0.3, -0.25) is 14.4 Å². The summed E-state index contributed by atoms with van der Waals surface area (Å²) in [6.45, 7) is 0. The van der Waals surface area contributed by atoms with Crippen LogP contribution in [0.3, 0.4) is 0 Å². The number of ether oxygens (including phenoxy) is 1. The molecular weight excluding hydrogens is 522 g/mol. The van der Waals surface area contributed by atoms with Crippen LogP contribution >= 0.6 is 11.6 Å². The summed E-state index contributed by atoms with van der Waals surface area (Å²) in [5.41, 5.74) is 2.09. The predicted molar refractivity (Wildman–Crippen MR) is 155 cm³/mol. The first kappa shape index (κ1) is 24.6. The number of methoxy groups -OCH3 is 1. The normalized spacial score (nSPS) is 21.8. The van der Waals surface area contributed by atoms with Crippen molar-refractivity contribution < 1.29 is 19.1 Å². The van der Waals surface area contributed by atoms with Crippen molar-refractivity contribution in [1.29, 1.82) is 0 Å². The third kappa shape index (κ3) is 3.24. The van der Waals surface area contributed by atoms with Crippen molar-refractivity contribution in [2.75, 3.05) is 12.0 Å². The fourth-order valence-corrected chi connectivity index (χ4v) is 7.09. The van der Waals surface area contributed by atoms with Crippen molar-refractivity contribution in [3.8, 4) is 5.75 Å². The second-order valence-corrected chi connectivity index (χ2v) is 10.8. The SMILES string of the molecule is COc1ccc([C@H]2[C@H](C(=O)c3ccccc3)N3c4ccc(Cl)cc4C=C[C@@H]3C23C(=O)c2ccccc2C3=O)cc1. The quantitative estimate of drug-likeness (QED) is 0.212. The molecule has 0 bridgehead atoms. The van der Waals surface area contributed by atoms with E-state index in [0.29, 0.717) is 27.5 Å². The molecule has 0 N–H and O–H groups in total. The molecule has 1 saturated heterocycles. The van der Waals surface area contributed by atoms with Gasteiger partial charge in [-0.2, -0.15) is 0 Å². The summed E-state index contributed by atoms with van der Waals surface area (Å²) in [5, 5.41) is 0.564. The fourth-order valence-electron chi connectivity index (χ4n) is 6.91. The molecule has 1 aliphatic carbocycles. The van der Waals surface area contributed by atoms with Gasteiger partial charge in [0, 0.05) is 33.3 Å². The maximum Gasteiger partial charge on any atom is 0.185 e. The molecular formula is C34H24ClNO4. The average Bonchev–Trinajstić information content (AvgIpc) is 3.43. The lowest BCUT2D eigenvalue weighted by atomic mass is 9.64. The highest BCUT2D eigenvalue weighted by atomic mass is 35.5. The smallest absolute Gasteiger partial charge is 0.185 e. The van der Waals surface area contributed by atoms with Crippen LogP contribution in [0.25, 0.3) is 6.08 Å². The maximum atomic E-state index is 14.6. The van der Waals surface area contributed by atoms with E-state index in [1.54, 1.807) is 49.6 Å². The van der Waals surface area contributed by atoms with Gasteiger partial charge in [0.05, 0.1) is 13.2 Å². The summed E-state index contributed by atoms with van der Waals surface area (Å²) in [5.74, 6) is -0.791. The molecule has 40 heavy (non-hydrogen) atoms. The van der Waals surface area contributed by atoms with Gasteiger partial charge < -0.3 is 9.64 Å². The zero-order valence-electron chi connectivity index (χ0n) is 21.6. The summed E-state index contributed by atoms with van der Waals surface area (Å²) in [6, 6.07) is 27.4. The van der Waals surface area contributed by atoms with Gasteiger partial charge in [-0.05, 0) is 41.5 Å². The number of ketones is 3. The van der Waals surface area contributed by atoms with Crippen LogP contribution in [-0.2, 0) is 0 Å². The van der Waals surface area contributed by atoms with Gasteiger partial charge in [-0.25, -0.2) is 0 Å². The number of anilines is 1. The van der Waals surface area contributed by atoms with E-state index in [9.17, 15) is 14.4 Å². The van der Waals surface area contributed by atoms with Crippen LogP contribution in [0.4, 0.5) is 5.69 Å². The second kappa shape index (κ2) is 9.04. The standard InChI is InChI=1S/C34H24ClNO4/c1-40-24-15-11-20(12-16-24)29-30(31(37)21-7-3-2-4-8-21)36-27-17-14-23(35)19-22(27)13-18-28(36)34(29)32(38)25-9-5-6-10-26(25)33(34)39/h2-19,28-30H,1H3/t28-,29+,30-/m1/s1. The van der Waals surface area contributed by atoms with Gasteiger partial charge in [0.1, 0.15) is 17.2 Å².